The Labute approximate surface area is 319 Å². The summed E-state index contributed by atoms with van der Waals surface area (Å²) in [4.78, 5) is 27.6. The lowest BCUT2D eigenvalue weighted by atomic mass is 10.0. The minimum atomic E-state index is 0.0210. The number of hydrogen-bond acceptors (Lipinski definition) is 5. The first-order valence-corrected chi connectivity index (χ1v) is 23.1. The van der Waals surface area contributed by atoms with E-state index in [2.05, 4.69) is 25.7 Å². The lowest BCUT2D eigenvalue weighted by Crippen LogP contribution is -2.28. The molecule has 0 atom stereocenters. The van der Waals surface area contributed by atoms with E-state index in [0.29, 0.717) is 12.2 Å². The average Bonchev–Trinajstić information content (AvgIpc) is 3.13. The number of hydrogen-bond donors (Lipinski definition) is 1. The Hall–Kier alpha value is -0.940. The molecule has 0 saturated heterocycles. The van der Waals surface area contributed by atoms with Crippen LogP contribution < -0.4 is 0 Å². The van der Waals surface area contributed by atoms with E-state index in [1.165, 1.54) is 154 Å². The molecule has 304 valence electrons. The van der Waals surface area contributed by atoms with E-state index >= 15 is 0 Å². The number of esters is 1. The molecule has 0 aromatic heterocycles. The number of carbonyl (C=O) groups is 2. The Kier molecular flexibility index (Phi) is 41.0. The summed E-state index contributed by atoms with van der Waals surface area (Å²) in [7, 11) is 0. The molecule has 0 unspecified atom stereocenters. The fourth-order valence-electron chi connectivity index (χ4n) is 7.35. The van der Waals surface area contributed by atoms with Gasteiger partial charge < -0.3 is 14.7 Å². The van der Waals surface area contributed by atoms with Crippen LogP contribution in [0.5, 0.6) is 0 Å². The molecule has 0 rings (SSSR count). The van der Waals surface area contributed by atoms with Gasteiger partial charge in [-0.3, -0.25) is 9.59 Å². The Balaban J connectivity index is 4.04. The molecule has 0 aliphatic heterocycles. The molecule has 0 aromatic carbocycles. The summed E-state index contributed by atoms with van der Waals surface area (Å²) < 4.78 is 6.03. The van der Waals surface area contributed by atoms with Crippen molar-refractivity contribution in [2.75, 3.05) is 26.2 Å². The zero-order valence-corrected chi connectivity index (χ0v) is 35.0. The molecule has 0 aliphatic carbocycles. The molecule has 0 saturated carbocycles. The Morgan fingerprint density at radius 3 is 1.20 bits per heavy atom. The number of ether oxygens (including phenoxy) is 1. The molecule has 0 aliphatic rings. The van der Waals surface area contributed by atoms with Crippen LogP contribution in [0.1, 0.15) is 252 Å². The van der Waals surface area contributed by atoms with Crippen LogP contribution in [0.25, 0.3) is 0 Å². The maximum Gasteiger partial charge on any atom is 0.306 e. The number of aliphatic hydroxyl groups excluding tert-OH is 1. The second kappa shape index (κ2) is 41.8. The fraction of sp³-hybridized carbons (Fsp3) is 0.957. The summed E-state index contributed by atoms with van der Waals surface area (Å²) in [6, 6.07) is 0. The van der Waals surface area contributed by atoms with Crippen molar-refractivity contribution in [3.63, 3.8) is 0 Å². The van der Waals surface area contributed by atoms with Gasteiger partial charge in [0.25, 0.3) is 0 Å². The molecule has 0 spiro atoms. The highest BCUT2D eigenvalue weighted by Crippen LogP contribution is 2.19. The zero-order valence-electron chi connectivity index (χ0n) is 35.0. The van der Waals surface area contributed by atoms with Crippen LogP contribution in [-0.2, 0) is 14.3 Å². The number of unbranched alkanes of at least 4 members (excludes halogenated alkanes) is 25. The van der Waals surface area contributed by atoms with Gasteiger partial charge in [-0.1, -0.05) is 168 Å². The van der Waals surface area contributed by atoms with Crippen molar-refractivity contribution in [1.82, 2.24) is 4.90 Å². The largest absolute Gasteiger partial charge is 0.462 e. The third-order valence-electron chi connectivity index (χ3n) is 10.8. The van der Waals surface area contributed by atoms with Gasteiger partial charge in [0.05, 0.1) is 0 Å². The Morgan fingerprint density at radius 1 is 0.431 bits per heavy atom. The van der Waals surface area contributed by atoms with Crippen LogP contribution in [0.15, 0.2) is 0 Å². The first-order valence-electron chi connectivity index (χ1n) is 23.1. The highest BCUT2D eigenvalue weighted by atomic mass is 16.5. The smallest absolute Gasteiger partial charge is 0.306 e. The van der Waals surface area contributed by atoms with Gasteiger partial charge in [0, 0.05) is 32.4 Å². The van der Waals surface area contributed by atoms with Crippen LogP contribution >= 0.6 is 0 Å². The van der Waals surface area contributed by atoms with Gasteiger partial charge in [-0.15, -0.1) is 0 Å². The maximum atomic E-state index is 12.7. The number of aliphatic hydroxyl groups is 1. The van der Waals surface area contributed by atoms with Gasteiger partial charge >= 0.3 is 5.97 Å². The van der Waals surface area contributed by atoms with E-state index in [1.807, 2.05) is 0 Å². The highest BCUT2D eigenvalue weighted by Gasteiger charge is 2.14. The Bertz CT molecular complexity index is 697. The van der Waals surface area contributed by atoms with E-state index in [9.17, 15) is 14.7 Å². The number of rotatable bonds is 43. The summed E-state index contributed by atoms with van der Waals surface area (Å²) in [5.41, 5.74) is 0. The van der Waals surface area contributed by atoms with Crippen molar-refractivity contribution in [2.45, 2.75) is 258 Å². The van der Waals surface area contributed by atoms with Crippen molar-refractivity contribution in [1.29, 1.82) is 0 Å². The third kappa shape index (κ3) is 38.6. The van der Waals surface area contributed by atoms with E-state index in [-0.39, 0.29) is 18.7 Å². The number of nitrogens with zero attached hydrogens (tertiary/aromatic N) is 1. The molecular weight excluding hydrogens is 631 g/mol. The average molecular weight is 722 g/mol. The quantitative estimate of drug-likeness (QED) is 0.0501. The predicted molar refractivity (Wildman–Crippen MR) is 222 cm³/mol. The van der Waals surface area contributed by atoms with Crippen molar-refractivity contribution < 1.29 is 19.4 Å². The minimum Gasteiger partial charge on any atom is -0.462 e. The van der Waals surface area contributed by atoms with Gasteiger partial charge in [-0.25, -0.2) is 0 Å². The molecule has 5 nitrogen and oxygen atoms in total. The highest BCUT2D eigenvalue weighted by molar-refractivity contribution is 5.78. The van der Waals surface area contributed by atoms with Gasteiger partial charge in [0.1, 0.15) is 11.9 Å². The van der Waals surface area contributed by atoms with Crippen LogP contribution in [0, 0.1) is 0 Å². The zero-order chi connectivity index (χ0) is 37.3. The van der Waals surface area contributed by atoms with Gasteiger partial charge in [0.2, 0.25) is 0 Å². The topological polar surface area (TPSA) is 66.8 Å². The standard InChI is InChI=1S/C46H91NO4/c1-4-7-10-13-16-17-18-19-21-27-35-44(49)36-28-26-33-41-47(42-34-43-48)40-32-25-20-24-31-39-46(50)51-45(37-29-22-14-11-8-5-2)38-30-23-15-12-9-6-3/h45,48H,4-43H2,1-3H3. The number of ketones is 1. The van der Waals surface area contributed by atoms with E-state index in [1.54, 1.807) is 0 Å². The van der Waals surface area contributed by atoms with Crippen LogP contribution in [0.4, 0.5) is 0 Å². The number of Topliss-reactive ketones (excluding diaryl/α,β-unsaturated/α-hetero) is 1. The summed E-state index contributed by atoms with van der Waals surface area (Å²) in [5.74, 6) is 0.480. The summed E-state index contributed by atoms with van der Waals surface area (Å²) in [6.07, 6.45) is 42.6. The van der Waals surface area contributed by atoms with E-state index in [0.717, 1.165) is 90.3 Å². The van der Waals surface area contributed by atoms with Crippen LogP contribution in [-0.4, -0.2) is 54.1 Å². The maximum absolute atomic E-state index is 12.7. The molecule has 0 aromatic rings. The lowest BCUT2D eigenvalue weighted by molar-refractivity contribution is -0.150. The minimum absolute atomic E-state index is 0.0210. The van der Waals surface area contributed by atoms with Crippen LogP contribution in [0.3, 0.4) is 0 Å². The molecule has 0 fully saturated rings. The monoisotopic (exact) mass is 722 g/mol. The summed E-state index contributed by atoms with van der Waals surface area (Å²) in [6.45, 7) is 10.2. The molecule has 0 radical (unpaired) electrons. The molecule has 0 heterocycles. The normalized spacial score (nSPS) is 11.6. The first-order chi connectivity index (χ1) is 25.1. The Morgan fingerprint density at radius 2 is 0.765 bits per heavy atom. The first kappa shape index (κ1) is 50.1. The number of carbonyl (C=O) groups excluding carboxylic acids is 2. The van der Waals surface area contributed by atoms with Crippen molar-refractivity contribution in [2.24, 2.45) is 0 Å². The summed E-state index contributed by atoms with van der Waals surface area (Å²) in [5, 5.41) is 9.39. The second-order valence-electron chi connectivity index (χ2n) is 15.9. The van der Waals surface area contributed by atoms with Gasteiger partial charge in [-0.05, 0) is 77.3 Å². The SMILES string of the molecule is CCCCCCCCCCCCC(=O)CCCCCN(CCCO)CCCCCCCC(=O)OC(CCCCCCCC)CCCCCCCC. The fourth-order valence-corrected chi connectivity index (χ4v) is 7.35. The van der Waals surface area contributed by atoms with Crippen molar-refractivity contribution in [3.8, 4) is 0 Å². The summed E-state index contributed by atoms with van der Waals surface area (Å²) >= 11 is 0. The lowest BCUT2D eigenvalue weighted by Gasteiger charge is -2.22. The second-order valence-corrected chi connectivity index (χ2v) is 15.9. The van der Waals surface area contributed by atoms with Crippen LogP contribution in [0.2, 0.25) is 0 Å². The van der Waals surface area contributed by atoms with Crippen molar-refractivity contribution >= 4 is 11.8 Å². The molecular formula is C46H91NO4. The molecule has 51 heavy (non-hydrogen) atoms. The predicted octanol–water partition coefficient (Wildman–Crippen LogP) is 13.9. The van der Waals surface area contributed by atoms with E-state index < -0.39 is 0 Å². The van der Waals surface area contributed by atoms with Gasteiger partial charge in [-0.2, -0.15) is 0 Å². The molecule has 1 N–H and O–H groups in total. The molecule has 5 heteroatoms. The van der Waals surface area contributed by atoms with Gasteiger partial charge in [0.15, 0.2) is 0 Å². The third-order valence-corrected chi connectivity index (χ3v) is 10.8. The van der Waals surface area contributed by atoms with Crippen molar-refractivity contribution in [3.05, 3.63) is 0 Å². The molecule has 0 amide bonds. The molecule has 0 bridgehead atoms. The van der Waals surface area contributed by atoms with E-state index in [4.69, 9.17) is 4.74 Å².